The number of nitrogens with zero attached hydrogens (tertiary/aromatic N) is 6. The Morgan fingerprint density at radius 2 is 2.00 bits per heavy atom. The highest BCUT2D eigenvalue weighted by Crippen LogP contribution is 2.33. The van der Waals surface area contributed by atoms with Crippen molar-refractivity contribution in [3.8, 4) is 0 Å². The standard InChI is InChI=1S/C27H34N6OS/c1-30(2)23-10-8-20(9-11-23)5-4-13-32-14-12-25-24(17-32)26(29-33(25)15-21-6-7-21)27(34)31(3)16-22-18-35-19-28-22/h4-5,8-11,18-19,21H,6-7,12-17H2,1-3H3/b5-4+. The molecule has 5 rings (SSSR count). The van der Waals surface area contributed by atoms with Gasteiger partial charge in [-0.1, -0.05) is 24.3 Å². The third-order valence-electron chi connectivity index (χ3n) is 6.86. The lowest BCUT2D eigenvalue weighted by molar-refractivity contribution is 0.0774. The number of hydrogen-bond acceptors (Lipinski definition) is 6. The van der Waals surface area contributed by atoms with E-state index in [2.05, 4.69) is 70.0 Å². The molecule has 8 heteroatoms. The molecule has 35 heavy (non-hydrogen) atoms. The molecule has 0 atom stereocenters. The van der Waals surface area contributed by atoms with Gasteiger partial charge in [-0.15, -0.1) is 11.3 Å². The Labute approximate surface area is 211 Å². The first kappa shape index (κ1) is 23.8. The highest BCUT2D eigenvalue weighted by atomic mass is 32.1. The second-order valence-electron chi connectivity index (χ2n) is 9.91. The molecule has 184 valence electrons. The average molecular weight is 491 g/mol. The molecule has 0 bridgehead atoms. The molecular weight excluding hydrogens is 456 g/mol. The maximum atomic E-state index is 13.4. The normalized spacial score (nSPS) is 16.0. The Hall–Kier alpha value is -2.97. The van der Waals surface area contributed by atoms with E-state index in [0.29, 0.717) is 12.2 Å². The molecule has 1 amide bonds. The van der Waals surface area contributed by atoms with Crippen molar-refractivity contribution in [1.82, 2.24) is 24.6 Å². The van der Waals surface area contributed by atoms with Crippen LogP contribution >= 0.6 is 11.3 Å². The Morgan fingerprint density at radius 1 is 1.20 bits per heavy atom. The molecule has 2 aromatic heterocycles. The van der Waals surface area contributed by atoms with Gasteiger partial charge in [0.1, 0.15) is 0 Å². The maximum Gasteiger partial charge on any atom is 0.274 e. The summed E-state index contributed by atoms with van der Waals surface area (Å²) in [5, 5.41) is 6.86. The molecule has 0 radical (unpaired) electrons. The van der Waals surface area contributed by atoms with Gasteiger partial charge < -0.3 is 9.80 Å². The zero-order valence-electron chi connectivity index (χ0n) is 20.9. The van der Waals surface area contributed by atoms with E-state index in [0.717, 1.165) is 49.8 Å². The summed E-state index contributed by atoms with van der Waals surface area (Å²) in [5.41, 5.74) is 8.10. The second kappa shape index (κ2) is 10.3. The van der Waals surface area contributed by atoms with Crippen LogP contribution in [0.1, 0.15) is 45.8 Å². The smallest absolute Gasteiger partial charge is 0.274 e. The highest BCUT2D eigenvalue weighted by Gasteiger charge is 2.31. The van der Waals surface area contributed by atoms with Gasteiger partial charge >= 0.3 is 0 Å². The van der Waals surface area contributed by atoms with Crippen LogP contribution in [0.15, 0.2) is 41.2 Å². The Morgan fingerprint density at radius 3 is 2.69 bits per heavy atom. The fraction of sp³-hybridized carbons (Fsp3) is 0.444. The molecule has 3 aromatic rings. The van der Waals surface area contributed by atoms with Crippen molar-refractivity contribution in [3.63, 3.8) is 0 Å². The Bertz CT molecular complexity index is 1180. The van der Waals surface area contributed by atoms with Crippen molar-refractivity contribution >= 4 is 29.0 Å². The molecule has 1 aromatic carbocycles. The van der Waals surface area contributed by atoms with Crippen molar-refractivity contribution < 1.29 is 4.79 Å². The van der Waals surface area contributed by atoms with Crippen LogP contribution in [0.5, 0.6) is 0 Å². The highest BCUT2D eigenvalue weighted by molar-refractivity contribution is 7.07. The van der Waals surface area contributed by atoms with Crippen molar-refractivity contribution in [2.24, 2.45) is 5.92 Å². The molecule has 1 fully saturated rings. The number of thiazole rings is 1. The Kier molecular flexibility index (Phi) is 7.02. The monoisotopic (exact) mass is 490 g/mol. The minimum absolute atomic E-state index is 0.0119. The maximum absolute atomic E-state index is 13.4. The van der Waals surface area contributed by atoms with E-state index < -0.39 is 0 Å². The number of carbonyl (C=O) groups excluding carboxylic acids is 1. The van der Waals surface area contributed by atoms with E-state index in [-0.39, 0.29) is 5.91 Å². The molecule has 0 N–H and O–H groups in total. The third kappa shape index (κ3) is 5.65. The predicted octanol–water partition coefficient (Wildman–Crippen LogP) is 4.16. The molecule has 3 heterocycles. The number of benzene rings is 1. The minimum atomic E-state index is -0.0119. The number of anilines is 1. The van der Waals surface area contributed by atoms with E-state index in [1.54, 1.807) is 16.2 Å². The summed E-state index contributed by atoms with van der Waals surface area (Å²) in [6.45, 7) is 4.04. The largest absolute Gasteiger partial charge is 0.378 e. The molecule has 2 aliphatic rings. The topological polar surface area (TPSA) is 57.5 Å². The summed E-state index contributed by atoms with van der Waals surface area (Å²) in [5.74, 6) is 0.705. The summed E-state index contributed by atoms with van der Waals surface area (Å²) in [7, 11) is 5.95. The molecule has 1 aliphatic heterocycles. The second-order valence-corrected chi connectivity index (χ2v) is 10.6. The predicted molar refractivity (Wildman–Crippen MR) is 142 cm³/mol. The van der Waals surface area contributed by atoms with E-state index in [4.69, 9.17) is 5.10 Å². The van der Waals surface area contributed by atoms with Crippen LogP contribution in [0.4, 0.5) is 5.69 Å². The quantitative estimate of drug-likeness (QED) is 0.451. The zero-order chi connectivity index (χ0) is 24.4. The molecule has 0 saturated heterocycles. The van der Waals surface area contributed by atoms with Crippen LogP contribution in [0, 0.1) is 5.92 Å². The van der Waals surface area contributed by atoms with Crippen molar-refractivity contribution in [1.29, 1.82) is 0 Å². The van der Waals surface area contributed by atoms with E-state index >= 15 is 0 Å². The molecule has 0 spiro atoms. The van der Waals surface area contributed by atoms with Crippen LogP contribution in [-0.4, -0.2) is 64.7 Å². The molecule has 0 unspecified atom stereocenters. The first-order valence-electron chi connectivity index (χ1n) is 12.4. The minimum Gasteiger partial charge on any atom is -0.378 e. The van der Waals surface area contributed by atoms with Gasteiger partial charge in [0.15, 0.2) is 5.69 Å². The summed E-state index contributed by atoms with van der Waals surface area (Å²) in [6, 6.07) is 8.58. The first-order valence-corrected chi connectivity index (χ1v) is 13.3. The van der Waals surface area contributed by atoms with Crippen molar-refractivity contribution in [3.05, 3.63) is 69.4 Å². The first-order chi connectivity index (χ1) is 17.0. The fourth-order valence-corrected chi connectivity index (χ4v) is 5.15. The SMILES string of the molecule is CN(Cc1cscn1)C(=O)c1nn(CC2CC2)c2c1CN(C/C=C/c1ccc(N(C)C)cc1)CC2. The van der Waals surface area contributed by atoms with Gasteiger partial charge in [-0.2, -0.15) is 5.10 Å². The third-order valence-corrected chi connectivity index (χ3v) is 7.49. The molecule has 7 nitrogen and oxygen atoms in total. The number of fused-ring (bicyclic) bond motifs is 1. The van der Waals surface area contributed by atoms with E-state index in [9.17, 15) is 4.79 Å². The number of aromatic nitrogens is 3. The van der Waals surface area contributed by atoms with Crippen LogP contribution in [0.3, 0.4) is 0 Å². The zero-order valence-corrected chi connectivity index (χ0v) is 21.7. The van der Waals surface area contributed by atoms with Crippen LogP contribution in [-0.2, 0) is 26.1 Å². The summed E-state index contributed by atoms with van der Waals surface area (Å²) in [4.78, 5) is 24.0. The van der Waals surface area contributed by atoms with Gasteiger partial charge in [0.05, 0.1) is 17.7 Å². The van der Waals surface area contributed by atoms with E-state index in [1.165, 1.54) is 29.8 Å². The molecule has 1 aliphatic carbocycles. The van der Waals surface area contributed by atoms with Gasteiger partial charge in [0.2, 0.25) is 0 Å². The number of amides is 1. The lowest BCUT2D eigenvalue weighted by Crippen LogP contribution is -2.33. The van der Waals surface area contributed by atoms with Gasteiger partial charge in [-0.05, 0) is 36.5 Å². The van der Waals surface area contributed by atoms with Crippen LogP contribution in [0.2, 0.25) is 0 Å². The van der Waals surface area contributed by atoms with Crippen LogP contribution < -0.4 is 4.90 Å². The van der Waals surface area contributed by atoms with E-state index in [1.807, 2.05) is 17.9 Å². The van der Waals surface area contributed by atoms with Crippen LogP contribution in [0.25, 0.3) is 6.08 Å². The number of hydrogen-bond donors (Lipinski definition) is 0. The van der Waals surface area contributed by atoms with Gasteiger partial charge in [0.25, 0.3) is 5.91 Å². The Balaban J connectivity index is 1.29. The summed E-state index contributed by atoms with van der Waals surface area (Å²) in [6.07, 6.45) is 7.88. The van der Waals surface area contributed by atoms with Crippen molar-refractivity contribution in [2.75, 3.05) is 39.1 Å². The number of rotatable bonds is 9. The number of carbonyl (C=O) groups is 1. The van der Waals surface area contributed by atoms with Gasteiger partial charge in [-0.25, -0.2) is 4.98 Å². The average Bonchev–Trinajstić information content (AvgIpc) is 3.39. The van der Waals surface area contributed by atoms with Crippen molar-refractivity contribution in [2.45, 2.75) is 38.9 Å². The summed E-state index contributed by atoms with van der Waals surface area (Å²) < 4.78 is 2.14. The molecule has 1 saturated carbocycles. The lowest BCUT2D eigenvalue weighted by atomic mass is 10.0. The molecular formula is C27H34N6OS. The van der Waals surface area contributed by atoms with Gasteiger partial charge in [0, 0.05) is 76.1 Å². The van der Waals surface area contributed by atoms with Gasteiger partial charge in [-0.3, -0.25) is 14.4 Å². The lowest BCUT2D eigenvalue weighted by Gasteiger charge is -2.27. The fourth-order valence-electron chi connectivity index (χ4n) is 4.60. The summed E-state index contributed by atoms with van der Waals surface area (Å²) >= 11 is 1.55.